The maximum absolute atomic E-state index is 6.22. The highest BCUT2D eigenvalue weighted by atomic mass is 16.5. The van der Waals surface area contributed by atoms with Gasteiger partial charge in [-0.3, -0.25) is 0 Å². The molecule has 0 aliphatic carbocycles. The number of aryl methyl sites for hydroxylation is 2. The van der Waals surface area contributed by atoms with Crippen LogP contribution in [-0.2, 0) is 0 Å². The van der Waals surface area contributed by atoms with Crippen LogP contribution in [0.4, 0.5) is 0 Å². The van der Waals surface area contributed by atoms with Crippen molar-refractivity contribution in [2.45, 2.75) is 39.7 Å². The maximum atomic E-state index is 6.22. The molecular weight excluding hydrogens is 258 g/mol. The van der Waals surface area contributed by atoms with Gasteiger partial charge in [-0.15, -0.1) is 0 Å². The van der Waals surface area contributed by atoms with E-state index in [-0.39, 0.29) is 6.04 Å². The van der Waals surface area contributed by atoms with Crippen LogP contribution in [0.25, 0.3) is 0 Å². The van der Waals surface area contributed by atoms with Crippen LogP contribution in [0, 0.1) is 13.8 Å². The molecule has 1 atom stereocenters. The van der Waals surface area contributed by atoms with Crippen LogP contribution < -0.4 is 10.5 Å². The molecule has 2 aromatic carbocycles. The number of nitrogens with two attached hydrogens (primary N) is 1. The second-order valence-corrected chi connectivity index (χ2v) is 6.06. The second kappa shape index (κ2) is 6.77. The lowest BCUT2D eigenvalue weighted by Gasteiger charge is -2.15. The highest BCUT2D eigenvalue weighted by Gasteiger charge is 2.08. The minimum atomic E-state index is -0.105. The van der Waals surface area contributed by atoms with Gasteiger partial charge in [0.25, 0.3) is 0 Å². The zero-order valence-corrected chi connectivity index (χ0v) is 13.4. The third kappa shape index (κ3) is 4.33. The molecule has 21 heavy (non-hydrogen) atoms. The molecule has 0 saturated carbocycles. The third-order valence-electron chi connectivity index (χ3n) is 3.66. The summed E-state index contributed by atoms with van der Waals surface area (Å²) in [5.41, 5.74) is 11.1. The van der Waals surface area contributed by atoms with E-state index in [1.807, 2.05) is 12.1 Å². The van der Waals surface area contributed by atoms with Gasteiger partial charge in [0.05, 0.1) is 6.04 Å². The highest BCUT2D eigenvalue weighted by molar-refractivity contribution is 5.33. The Labute approximate surface area is 127 Å². The lowest BCUT2D eigenvalue weighted by atomic mass is 9.99. The molecule has 0 aliphatic heterocycles. The molecule has 2 heteroatoms. The van der Waals surface area contributed by atoms with Crippen LogP contribution in [0.5, 0.6) is 5.75 Å². The van der Waals surface area contributed by atoms with Crippen molar-refractivity contribution in [1.29, 1.82) is 0 Å². The van der Waals surface area contributed by atoms with Crippen molar-refractivity contribution < 1.29 is 4.74 Å². The lowest BCUT2D eigenvalue weighted by Crippen LogP contribution is -2.19. The van der Waals surface area contributed by atoms with Crippen LogP contribution in [-0.4, -0.2) is 6.61 Å². The van der Waals surface area contributed by atoms with Gasteiger partial charge in [0.1, 0.15) is 12.4 Å². The van der Waals surface area contributed by atoms with Crippen LogP contribution in [0.1, 0.15) is 48.1 Å². The van der Waals surface area contributed by atoms with Crippen LogP contribution in [0.2, 0.25) is 0 Å². The Morgan fingerprint density at radius 1 is 0.905 bits per heavy atom. The van der Waals surface area contributed by atoms with Crippen molar-refractivity contribution in [1.82, 2.24) is 0 Å². The number of hydrogen-bond donors (Lipinski definition) is 1. The van der Waals surface area contributed by atoms with Gasteiger partial charge in [0, 0.05) is 0 Å². The van der Waals surface area contributed by atoms with E-state index in [2.05, 4.69) is 58.0 Å². The maximum Gasteiger partial charge on any atom is 0.119 e. The number of hydrogen-bond acceptors (Lipinski definition) is 2. The average molecular weight is 283 g/mol. The predicted molar refractivity (Wildman–Crippen MR) is 88.9 cm³/mol. The first-order valence-corrected chi connectivity index (χ1v) is 7.52. The molecule has 0 heterocycles. The topological polar surface area (TPSA) is 35.2 Å². The summed E-state index contributed by atoms with van der Waals surface area (Å²) in [5, 5.41) is 0. The molecule has 0 saturated heterocycles. The van der Waals surface area contributed by atoms with E-state index < -0.39 is 0 Å². The van der Waals surface area contributed by atoms with Gasteiger partial charge in [-0.2, -0.15) is 0 Å². The van der Waals surface area contributed by atoms with Crippen LogP contribution >= 0.6 is 0 Å². The predicted octanol–water partition coefficient (Wildman–Crippen LogP) is 4.51. The number of rotatable bonds is 5. The molecule has 1 unspecified atom stereocenters. The normalized spacial score (nSPS) is 12.5. The van der Waals surface area contributed by atoms with E-state index in [0.717, 1.165) is 11.3 Å². The quantitative estimate of drug-likeness (QED) is 0.876. The minimum Gasteiger partial charge on any atom is -0.492 e. The molecule has 112 valence electrons. The Hall–Kier alpha value is -1.80. The van der Waals surface area contributed by atoms with E-state index in [4.69, 9.17) is 10.5 Å². The van der Waals surface area contributed by atoms with Gasteiger partial charge < -0.3 is 10.5 Å². The van der Waals surface area contributed by atoms with Crippen LogP contribution in [0.15, 0.2) is 42.5 Å². The Morgan fingerprint density at radius 3 is 1.95 bits per heavy atom. The Morgan fingerprint density at radius 2 is 1.43 bits per heavy atom. The fraction of sp³-hybridized carbons (Fsp3) is 0.368. The molecule has 0 fully saturated rings. The zero-order chi connectivity index (χ0) is 15.4. The minimum absolute atomic E-state index is 0.105. The summed E-state index contributed by atoms with van der Waals surface area (Å²) in [6.07, 6.45) is 0. The first-order valence-electron chi connectivity index (χ1n) is 7.52. The smallest absolute Gasteiger partial charge is 0.119 e. The van der Waals surface area contributed by atoms with Gasteiger partial charge in [-0.25, -0.2) is 0 Å². The van der Waals surface area contributed by atoms with E-state index in [1.54, 1.807) is 0 Å². The summed E-state index contributed by atoms with van der Waals surface area (Å²) in [5.74, 6) is 1.43. The zero-order valence-electron chi connectivity index (χ0n) is 13.4. The molecule has 2 nitrogen and oxygen atoms in total. The Bertz CT molecular complexity index is 567. The van der Waals surface area contributed by atoms with Gasteiger partial charge in [-0.1, -0.05) is 44.2 Å². The molecule has 2 rings (SSSR count). The van der Waals surface area contributed by atoms with Crippen LogP contribution in [0.3, 0.4) is 0 Å². The lowest BCUT2D eigenvalue weighted by molar-refractivity contribution is 0.290. The third-order valence-corrected chi connectivity index (χ3v) is 3.66. The largest absolute Gasteiger partial charge is 0.492 e. The molecule has 0 amide bonds. The fourth-order valence-corrected chi connectivity index (χ4v) is 2.43. The Balaban J connectivity index is 1.99. The number of ether oxygens (including phenoxy) is 1. The summed E-state index contributed by atoms with van der Waals surface area (Å²) in [7, 11) is 0. The standard InChI is InChI=1S/C19H25NO/c1-13(2)16-5-7-17(8-6-16)19(20)12-21-18-10-14(3)9-15(4)11-18/h5-11,13,19H,12,20H2,1-4H3. The molecule has 0 bridgehead atoms. The summed E-state index contributed by atoms with van der Waals surface area (Å²) in [6, 6.07) is 14.6. The van der Waals surface area contributed by atoms with E-state index >= 15 is 0 Å². The van der Waals surface area contributed by atoms with Crippen molar-refractivity contribution in [2.75, 3.05) is 6.61 Å². The van der Waals surface area contributed by atoms with E-state index in [0.29, 0.717) is 12.5 Å². The highest BCUT2D eigenvalue weighted by Crippen LogP contribution is 2.20. The molecule has 0 aliphatic rings. The molecule has 0 radical (unpaired) electrons. The Kier molecular flexibility index (Phi) is 5.03. The van der Waals surface area contributed by atoms with Crippen molar-refractivity contribution in [3.8, 4) is 5.75 Å². The first kappa shape index (κ1) is 15.6. The van der Waals surface area contributed by atoms with Gasteiger partial charge >= 0.3 is 0 Å². The summed E-state index contributed by atoms with van der Waals surface area (Å²) >= 11 is 0. The molecular formula is C19H25NO. The van der Waals surface area contributed by atoms with Crippen molar-refractivity contribution in [3.05, 3.63) is 64.7 Å². The summed E-state index contributed by atoms with van der Waals surface area (Å²) < 4.78 is 5.84. The van der Waals surface area contributed by atoms with E-state index in [9.17, 15) is 0 Å². The molecule has 2 N–H and O–H groups in total. The van der Waals surface area contributed by atoms with Crippen molar-refractivity contribution in [2.24, 2.45) is 5.73 Å². The average Bonchev–Trinajstić information content (AvgIpc) is 2.44. The SMILES string of the molecule is Cc1cc(C)cc(OCC(N)c2ccc(C(C)C)cc2)c1. The molecule has 2 aromatic rings. The molecule has 0 aromatic heterocycles. The fourth-order valence-electron chi connectivity index (χ4n) is 2.43. The second-order valence-electron chi connectivity index (χ2n) is 6.06. The van der Waals surface area contributed by atoms with Crippen molar-refractivity contribution >= 4 is 0 Å². The van der Waals surface area contributed by atoms with Gasteiger partial charge in [0.15, 0.2) is 0 Å². The monoisotopic (exact) mass is 283 g/mol. The summed E-state index contributed by atoms with van der Waals surface area (Å²) in [4.78, 5) is 0. The van der Waals surface area contributed by atoms with Crippen molar-refractivity contribution in [3.63, 3.8) is 0 Å². The van der Waals surface area contributed by atoms with Gasteiger partial charge in [-0.05, 0) is 54.2 Å². The summed E-state index contributed by atoms with van der Waals surface area (Å²) in [6.45, 7) is 9.02. The van der Waals surface area contributed by atoms with Gasteiger partial charge in [0.2, 0.25) is 0 Å². The first-order chi connectivity index (χ1) is 9.95. The number of benzene rings is 2. The molecule has 0 spiro atoms. The van der Waals surface area contributed by atoms with E-state index in [1.165, 1.54) is 16.7 Å².